The Morgan fingerprint density at radius 3 is 0.723 bits per heavy atom. The van der Waals surface area contributed by atoms with Crippen molar-refractivity contribution in [3.63, 3.8) is 0 Å². The van der Waals surface area contributed by atoms with Crippen LogP contribution in [0.25, 0.3) is 0 Å². The fourth-order valence-corrected chi connectivity index (χ4v) is 13.0. The van der Waals surface area contributed by atoms with E-state index in [1.165, 1.54) is 186 Å². The van der Waals surface area contributed by atoms with Crippen LogP contribution in [0, 0.1) is 17.8 Å². The predicted molar refractivity (Wildman–Crippen MR) is 381 cm³/mol. The van der Waals surface area contributed by atoms with Gasteiger partial charge in [0.2, 0.25) is 0 Å². The van der Waals surface area contributed by atoms with Gasteiger partial charge < -0.3 is 33.8 Å². The second-order valence-electron chi connectivity index (χ2n) is 28.5. The van der Waals surface area contributed by atoms with E-state index in [1.807, 2.05) is 0 Å². The molecule has 0 aromatic heterocycles. The zero-order valence-corrected chi connectivity index (χ0v) is 63.2. The number of carbonyl (C=O) groups excluding carboxylic acids is 4. The molecule has 0 spiro atoms. The second kappa shape index (κ2) is 65.7. The van der Waals surface area contributed by atoms with Gasteiger partial charge in [-0.3, -0.25) is 37.3 Å². The maximum atomic E-state index is 13.1. The average molecular weight is 1380 g/mol. The smallest absolute Gasteiger partial charge is 0.462 e. The zero-order valence-electron chi connectivity index (χ0n) is 61.4. The summed E-state index contributed by atoms with van der Waals surface area (Å²) in [6.07, 6.45) is 51.9. The lowest BCUT2D eigenvalue weighted by Gasteiger charge is -2.21. The first-order valence-corrected chi connectivity index (χ1v) is 41.8. The van der Waals surface area contributed by atoms with Gasteiger partial charge in [-0.05, 0) is 43.4 Å². The summed E-state index contributed by atoms with van der Waals surface area (Å²) in [6, 6.07) is 0. The molecule has 0 amide bonds. The number of hydrogen-bond donors (Lipinski definition) is 3. The highest BCUT2D eigenvalue weighted by molar-refractivity contribution is 7.47. The van der Waals surface area contributed by atoms with Crippen LogP contribution < -0.4 is 0 Å². The van der Waals surface area contributed by atoms with Crippen LogP contribution in [0.1, 0.15) is 382 Å². The summed E-state index contributed by atoms with van der Waals surface area (Å²) in [4.78, 5) is 72.4. The molecule has 0 rings (SSSR count). The third-order valence-electron chi connectivity index (χ3n) is 17.4. The average Bonchev–Trinajstić information content (AvgIpc) is 1.81. The van der Waals surface area contributed by atoms with Gasteiger partial charge in [0.05, 0.1) is 26.4 Å². The second-order valence-corrected chi connectivity index (χ2v) is 31.4. The molecule has 0 aliphatic rings. The van der Waals surface area contributed by atoms with Gasteiger partial charge in [0, 0.05) is 25.7 Å². The normalized spacial score (nSPS) is 14.1. The van der Waals surface area contributed by atoms with Crippen molar-refractivity contribution in [2.75, 3.05) is 39.6 Å². The van der Waals surface area contributed by atoms with Crippen LogP contribution >= 0.6 is 15.6 Å². The summed E-state index contributed by atoms with van der Waals surface area (Å²) in [6.45, 7) is 11.8. The van der Waals surface area contributed by atoms with E-state index < -0.39 is 97.5 Å². The lowest BCUT2D eigenvalue weighted by atomic mass is 10.0. The SMILES string of the molecule is CCCCCCCC(=O)OC[C@H](COP(=O)(O)OC[C@H](O)COP(=O)(O)OC[C@@H](COC(=O)CCCCCCCCCCCCCCCCC(C)C)OC(=O)CCCCCCCCCCCCCCCCCCCCC(C)C)OC(=O)CCCCCCCCCCC(C)C. The van der Waals surface area contributed by atoms with Crippen LogP contribution in [0.5, 0.6) is 0 Å². The molecule has 0 radical (unpaired) electrons. The van der Waals surface area contributed by atoms with Gasteiger partial charge in [0.25, 0.3) is 0 Å². The Balaban J connectivity index is 5.12. The summed E-state index contributed by atoms with van der Waals surface area (Å²) < 4.78 is 68.2. The van der Waals surface area contributed by atoms with Crippen LogP contribution in [-0.4, -0.2) is 96.7 Å². The number of phosphoric acid groups is 2. The number of aliphatic hydroxyl groups excluding tert-OH is 1. The molecule has 0 aromatic carbocycles. The Kier molecular flexibility index (Phi) is 64.3. The molecule has 558 valence electrons. The van der Waals surface area contributed by atoms with E-state index in [2.05, 4.69) is 48.5 Å². The molecular weight excluding hydrogens is 1230 g/mol. The van der Waals surface area contributed by atoms with Gasteiger partial charge in [0.1, 0.15) is 19.3 Å². The monoisotopic (exact) mass is 1380 g/mol. The van der Waals surface area contributed by atoms with E-state index in [-0.39, 0.29) is 25.7 Å². The number of carbonyl (C=O) groups is 4. The Morgan fingerprint density at radius 2 is 0.489 bits per heavy atom. The number of aliphatic hydroxyl groups is 1. The third-order valence-corrected chi connectivity index (χ3v) is 19.3. The standard InChI is InChI=1S/C75H146O17P2/c1-8-9-10-39-49-56-72(77)85-62-70(91-75(80)59-52-45-38-32-31-35-42-48-55-68(6)7)64-89-93(81,82)87-60-69(76)61-88-94(83,84)90-65-71(63-86-73(78)57-50-43-36-29-25-21-18-17-20-24-28-34-41-47-54-67(4)5)92-74(79)58-51-44-37-30-26-22-16-14-12-11-13-15-19-23-27-33-40-46-53-66(2)3/h66-71,76H,8-65H2,1-7H3,(H,81,82)(H,83,84)/t69-,70+,71+/m0/s1. The summed E-state index contributed by atoms with van der Waals surface area (Å²) >= 11 is 0. The number of hydrogen-bond acceptors (Lipinski definition) is 15. The maximum absolute atomic E-state index is 13.1. The van der Waals surface area contributed by atoms with Crippen LogP contribution in [0.3, 0.4) is 0 Å². The first-order valence-electron chi connectivity index (χ1n) is 38.8. The highest BCUT2D eigenvalue weighted by Gasteiger charge is 2.30. The van der Waals surface area contributed by atoms with Crippen molar-refractivity contribution < 1.29 is 80.2 Å². The number of esters is 4. The van der Waals surface area contributed by atoms with E-state index >= 15 is 0 Å². The quantitative estimate of drug-likeness (QED) is 0.0222. The molecule has 0 aliphatic heterocycles. The van der Waals surface area contributed by atoms with E-state index in [0.29, 0.717) is 25.7 Å². The molecule has 0 saturated carbocycles. The van der Waals surface area contributed by atoms with Crippen LogP contribution in [0.15, 0.2) is 0 Å². The molecule has 0 saturated heterocycles. The van der Waals surface area contributed by atoms with E-state index in [4.69, 9.17) is 37.0 Å². The van der Waals surface area contributed by atoms with Crippen LogP contribution in [0.4, 0.5) is 0 Å². The van der Waals surface area contributed by atoms with Crippen LogP contribution in [0.2, 0.25) is 0 Å². The molecular formula is C75H146O17P2. The molecule has 0 aliphatic carbocycles. The van der Waals surface area contributed by atoms with E-state index in [1.54, 1.807) is 0 Å². The van der Waals surface area contributed by atoms with E-state index in [9.17, 15) is 43.2 Å². The van der Waals surface area contributed by atoms with Gasteiger partial charge in [-0.2, -0.15) is 0 Å². The molecule has 3 N–H and O–H groups in total. The van der Waals surface area contributed by atoms with Gasteiger partial charge in [-0.15, -0.1) is 0 Å². The summed E-state index contributed by atoms with van der Waals surface area (Å²) in [5, 5.41) is 10.6. The topological polar surface area (TPSA) is 237 Å². The summed E-state index contributed by atoms with van der Waals surface area (Å²) in [5.41, 5.74) is 0. The van der Waals surface area contributed by atoms with Gasteiger partial charge in [0.15, 0.2) is 12.2 Å². The molecule has 0 bridgehead atoms. The predicted octanol–water partition coefficient (Wildman–Crippen LogP) is 21.8. The van der Waals surface area contributed by atoms with Crippen molar-refractivity contribution in [3.05, 3.63) is 0 Å². The third kappa shape index (κ3) is 68.6. The molecule has 17 nitrogen and oxygen atoms in total. The Labute approximate surface area is 575 Å². The molecule has 19 heteroatoms. The van der Waals surface area contributed by atoms with Crippen LogP contribution in [-0.2, 0) is 65.4 Å². The maximum Gasteiger partial charge on any atom is 0.472 e. The Bertz CT molecular complexity index is 1840. The van der Waals surface area contributed by atoms with Gasteiger partial charge >= 0.3 is 39.5 Å². The number of ether oxygens (including phenoxy) is 4. The van der Waals surface area contributed by atoms with E-state index in [0.717, 1.165) is 114 Å². The lowest BCUT2D eigenvalue weighted by Crippen LogP contribution is -2.30. The molecule has 0 aromatic rings. The fraction of sp³-hybridized carbons (Fsp3) is 0.947. The molecule has 0 heterocycles. The summed E-state index contributed by atoms with van der Waals surface area (Å²) in [5.74, 6) is 0.206. The number of unbranched alkanes of at least 4 members (excludes halogenated alkanes) is 41. The summed E-state index contributed by atoms with van der Waals surface area (Å²) in [7, 11) is -9.90. The lowest BCUT2D eigenvalue weighted by molar-refractivity contribution is -0.161. The van der Waals surface area contributed by atoms with Crippen molar-refractivity contribution in [3.8, 4) is 0 Å². The Morgan fingerprint density at radius 1 is 0.287 bits per heavy atom. The fourth-order valence-electron chi connectivity index (χ4n) is 11.4. The van der Waals surface area contributed by atoms with Gasteiger partial charge in [-0.1, -0.05) is 331 Å². The zero-order chi connectivity index (χ0) is 69.4. The highest BCUT2D eigenvalue weighted by Crippen LogP contribution is 2.45. The first-order chi connectivity index (χ1) is 45.2. The van der Waals surface area contributed by atoms with Crippen molar-refractivity contribution in [2.24, 2.45) is 17.8 Å². The van der Waals surface area contributed by atoms with Crippen molar-refractivity contribution in [1.29, 1.82) is 0 Å². The van der Waals surface area contributed by atoms with Crippen molar-refractivity contribution in [1.82, 2.24) is 0 Å². The minimum atomic E-state index is -4.96. The van der Waals surface area contributed by atoms with Crippen molar-refractivity contribution >= 4 is 39.5 Å². The number of phosphoric ester groups is 2. The molecule has 2 unspecified atom stereocenters. The molecule has 0 fully saturated rings. The molecule has 94 heavy (non-hydrogen) atoms. The molecule has 5 atom stereocenters. The van der Waals surface area contributed by atoms with Gasteiger partial charge in [-0.25, -0.2) is 9.13 Å². The highest BCUT2D eigenvalue weighted by atomic mass is 31.2. The minimum absolute atomic E-state index is 0.103. The number of rotatable bonds is 73. The minimum Gasteiger partial charge on any atom is -0.462 e. The van der Waals surface area contributed by atoms with Crippen molar-refractivity contribution in [2.45, 2.75) is 401 Å². The Hall–Kier alpha value is -1.94. The largest absolute Gasteiger partial charge is 0.472 e. The first kappa shape index (κ1) is 92.1.